The van der Waals surface area contributed by atoms with Gasteiger partial charge >= 0.3 is 0 Å². The molecule has 0 aliphatic heterocycles. The van der Waals surface area contributed by atoms with Crippen LogP contribution in [0.5, 0.6) is 0 Å². The van der Waals surface area contributed by atoms with Gasteiger partial charge in [-0.1, -0.05) is 28.1 Å². The predicted octanol–water partition coefficient (Wildman–Crippen LogP) is 3.72. The van der Waals surface area contributed by atoms with E-state index in [4.69, 9.17) is 0 Å². The van der Waals surface area contributed by atoms with E-state index in [1.807, 2.05) is 18.2 Å². The van der Waals surface area contributed by atoms with E-state index in [9.17, 15) is 4.79 Å². The number of hydrogen-bond acceptors (Lipinski definition) is 3. The van der Waals surface area contributed by atoms with Crippen LogP contribution >= 0.6 is 27.7 Å². The number of rotatable bonds is 5. The Hall–Kier alpha value is -1.33. The van der Waals surface area contributed by atoms with E-state index in [1.54, 1.807) is 30.2 Å². The first kappa shape index (κ1) is 14.1. The first-order valence-electron chi connectivity index (χ1n) is 5.76. The summed E-state index contributed by atoms with van der Waals surface area (Å²) in [5.41, 5.74) is 1.94. The third-order valence-electron chi connectivity index (χ3n) is 2.36. The van der Waals surface area contributed by atoms with Crippen LogP contribution in [0.4, 0.5) is 5.69 Å². The second-order valence-corrected chi connectivity index (χ2v) is 5.81. The highest BCUT2D eigenvalue weighted by molar-refractivity contribution is 9.10. The first-order chi connectivity index (χ1) is 9.24. The number of nitrogens with zero attached hydrogens (tertiary/aromatic N) is 1. The van der Waals surface area contributed by atoms with Crippen molar-refractivity contribution in [3.63, 3.8) is 0 Å². The molecule has 0 saturated heterocycles. The Bertz CT molecular complexity index is 531. The fourth-order valence-corrected chi connectivity index (χ4v) is 2.53. The van der Waals surface area contributed by atoms with Crippen molar-refractivity contribution in [1.82, 2.24) is 4.98 Å². The maximum Gasteiger partial charge on any atom is 0.234 e. The maximum absolute atomic E-state index is 11.7. The predicted molar refractivity (Wildman–Crippen MR) is 83.2 cm³/mol. The van der Waals surface area contributed by atoms with Gasteiger partial charge in [-0.15, -0.1) is 11.8 Å². The number of halogens is 1. The van der Waals surface area contributed by atoms with Crippen molar-refractivity contribution in [1.29, 1.82) is 0 Å². The summed E-state index contributed by atoms with van der Waals surface area (Å²) < 4.78 is 1.07. The second kappa shape index (κ2) is 7.31. The summed E-state index contributed by atoms with van der Waals surface area (Å²) in [7, 11) is 0. The van der Waals surface area contributed by atoms with Gasteiger partial charge in [0.25, 0.3) is 0 Å². The normalized spacial score (nSPS) is 10.2. The highest BCUT2D eigenvalue weighted by Gasteiger charge is 2.02. The van der Waals surface area contributed by atoms with E-state index in [2.05, 4.69) is 38.4 Å². The fourth-order valence-electron chi connectivity index (χ4n) is 1.48. The summed E-state index contributed by atoms with van der Waals surface area (Å²) in [5, 5.41) is 2.81. The van der Waals surface area contributed by atoms with Gasteiger partial charge in [0.05, 0.1) is 17.6 Å². The largest absolute Gasteiger partial charge is 0.324 e. The molecular weight excluding hydrogens is 324 g/mol. The third kappa shape index (κ3) is 5.04. The molecular formula is C14H13BrN2OS. The zero-order valence-corrected chi connectivity index (χ0v) is 12.6. The summed E-state index contributed by atoms with van der Waals surface area (Å²) in [6.07, 6.45) is 3.31. The van der Waals surface area contributed by atoms with Crippen LogP contribution in [-0.2, 0) is 10.5 Å². The molecule has 1 aromatic carbocycles. The standard InChI is InChI=1S/C14H13BrN2OS/c15-12-5-3-11(4-6-12)9-19-10-14(18)17-13-2-1-7-16-8-13/h1-8H,9-10H2,(H,17,18). The van der Waals surface area contributed by atoms with Crippen LogP contribution in [0.3, 0.4) is 0 Å². The lowest BCUT2D eigenvalue weighted by atomic mass is 10.2. The van der Waals surface area contributed by atoms with Crippen LogP contribution in [0.25, 0.3) is 0 Å². The summed E-state index contributed by atoms with van der Waals surface area (Å²) in [6.45, 7) is 0. The van der Waals surface area contributed by atoms with Crippen LogP contribution < -0.4 is 5.32 Å². The molecule has 0 aliphatic rings. The van der Waals surface area contributed by atoms with Crippen LogP contribution in [0, 0.1) is 0 Å². The van der Waals surface area contributed by atoms with Crippen LogP contribution in [0.15, 0.2) is 53.3 Å². The molecule has 2 aromatic rings. The average molecular weight is 337 g/mol. The van der Waals surface area contributed by atoms with Gasteiger partial charge < -0.3 is 5.32 Å². The van der Waals surface area contributed by atoms with E-state index in [0.29, 0.717) is 5.75 Å². The molecule has 0 atom stereocenters. The average Bonchev–Trinajstić information content (AvgIpc) is 2.42. The van der Waals surface area contributed by atoms with Gasteiger partial charge in [0.15, 0.2) is 0 Å². The lowest BCUT2D eigenvalue weighted by Crippen LogP contribution is -2.14. The molecule has 0 saturated carbocycles. The van der Waals surface area contributed by atoms with Gasteiger partial charge in [0, 0.05) is 16.4 Å². The SMILES string of the molecule is O=C(CSCc1ccc(Br)cc1)Nc1cccnc1. The first-order valence-corrected chi connectivity index (χ1v) is 7.71. The summed E-state index contributed by atoms with van der Waals surface area (Å²) in [4.78, 5) is 15.6. The van der Waals surface area contributed by atoms with Crippen molar-refractivity contribution in [2.75, 3.05) is 11.1 Å². The summed E-state index contributed by atoms with van der Waals surface area (Å²) in [5.74, 6) is 1.26. The Morgan fingerprint density at radius 1 is 1.26 bits per heavy atom. The molecule has 0 radical (unpaired) electrons. The molecule has 0 fully saturated rings. The van der Waals surface area contributed by atoms with Crippen molar-refractivity contribution in [2.24, 2.45) is 0 Å². The van der Waals surface area contributed by atoms with Crippen molar-refractivity contribution >= 4 is 39.3 Å². The van der Waals surface area contributed by atoms with Crippen LogP contribution in [-0.4, -0.2) is 16.6 Å². The third-order valence-corrected chi connectivity index (χ3v) is 3.89. The Kier molecular flexibility index (Phi) is 5.42. The number of thioether (sulfide) groups is 1. The lowest BCUT2D eigenvalue weighted by molar-refractivity contribution is -0.113. The van der Waals surface area contributed by atoms with E-state index in [0.717, 1.165) is 15.9 Å². The number of hydrogen-bond donors (Lipinski definition) is 1. The topological polar surface area (TPSA) is 42.0 Å². The lowest BCUT2D eigenvalue weighted by Gasteiger charge is -2.04. The van der Waals surface area contributed by atoms with E-state index < -0.39 is 0 Å². The minimum absolute atomic E-state index is 0.00453. The maximum atomic E-state index is 11.7. The van der Waals surface area contributed by atoms with Gasteiger partial charge in [-0.25, -0.2) is 0 Å². The van der Waals surface area contributed by atoms with Crippen molar-refractivity contribution in [3.05, 3.63) is 58.8 Å². The van der Waals surface area contributed by atoms with Crippen molar-refractivity contribution in [3.8, 4) is 0 Å². The number of carbonyl (C=O) groups is 1. The number of anilines is 1. The van der Waals surface area contributed by atoms with Gasteiger partial charge in [0.2, 0.25) is 5.91 Å². The molecule has 1 heterocycles. The Labute approximate surface area is 125 Å². The number of nitrogens with one attached hydrogen (secondary N) is 1. The van der Waals surface area contributed by atoms with E-state index in [1.165, 1.54) is 5.56 Å². The number of benzene rings is 1. The fraction of sp³-hybridized carbons (Fsp3) is 0.143. The molecule has 5 heteroatoms. The Balaban J connectivity index is 1.74. The minimum Gasteiger partial charge on any atom is -0.324 e. The number of aromatic nitrogens is 1. The van der Waals surface area contributed by atoms with E-state index in [-0.39, 0.29) is 5.91 Å². The second-order valence-electron chi connectivity index (χ2n) is 3.91. The minimum atomic E-state index is -0.00453. The number of pyridine rings is 1. The number of carbonyl (C=O) groups excluding carboxylic acids is 1. The molecule has 98 valence electrons. The molecule has 0 bridgehead atoms. The van der Waals surface area contributed by atoms with Gasteiger partial charge in [-0.3, -0.25) is 9.78 Å². The van der Waals surface area contributed by atoms with Gasteiger partial charge in [-0.2, -0.15) is 0 Å². The van der Waals surface area contributed by atoms with Crippen LogP contribution in [0.2, 0.25) is 0 Å². The Morgan fingerprint density at radius 3 is 2.74 bits per heavy atom. The monoisotopic (exact) mass is 336 g/mol. The van der Waals surface area contributed by atoms with Crippen molar-refractivity contribution < 1.29 is 4.79 Å². The molecule has 1 N–H and O–H groups in total. The highest BCUT2D eigenvalue weighted by atomic mass is 79.9. The van der Waals surface area contributed by atoms with E-state index >= 15 is 0 Å². The van der Waals surface area contributed by atoms with Crippen molar-refractivity contribution in [2.45, 2.75) is 5.75 Å². The number of amides is 1. The summed E-state index contributed by atoms with van der Waals surface area (Å²) >= 11 is 4.99. The van der Waals surface area contributed by atoms with Gasteiger partial charge in [-0.05, 0) is 29.8 Å². The molecule has 2 rings (SSSR count). The molecule has 0 unspecified atom stereocenters. The van der Waals surface area contributed by atoms with Gasteiger partial charge in [0.1, 0.15) is 0 Å². The molecule has 3 nitrogen and oxygen atoms in total. The van der Waals surface area contributed by atoms with Crippen LogP contribution in [0.1, 0.15) is 5.56 Å². The molecule has 0 aliphatic carbocycles. The highest BCUT2D eigenvalue weighted by Crippen LogP contribution is 2.16. The zero-order chi connectivity index (χ0) is 13.5. The molecule has 1 aromatic heterocycles. The molecule has 1 amide bonds. The summed E-state index contributed by atoms with van der Waals surface area (Å²) in [6, 6.07) is 11.7. The molecule has 0 spiro atoms. The quantitative estimate of drug-likeness (QED) is 0.904. The zero-order valence-electron chi connectivity index (χ0n) is 10.2. The smallest absolute Gasteiger partial charge is 0.234 e. The molecule has 19 heavy (non-hydrogen) atoms. The Morgan fingerprint density at radius 2 is 2.05 bits per heavy atom.